The van der Waals surface area contributed by atoms with Gasteiger partial charge in [0.25, 0.3) is 0 Å². The molecule has 0 aliphatic carbocycles. The van der Waals surface area contributed by atoms with Crippen LogP contribution in [0.2, 0.25) is 0 Å². The van der Waals surface area contributed by atoms with Crippen LogP contribution in [0, 0.1) is 13.8 Å². The summed E-state index contributed by atoms with van der Waals surface area (Å²) in [5.74, 6) is 0.752. The normalized spacial score (nSPS) is 15.8. The SMILES string of the molecule is CCCNC(=O)Nc1cccc(-c2noc([C@@H]3CC(=O)N(c4ccc(C)c(C)c4)C3)n2)c1. The van der Waals surface area contributed by atoms with Crippen LogP contribution in [-0.2, 0) is 4.79 Å². The molecule has 1 saturated heterocycles. The van der Waals surface area contributed by atoms with Gasteiger partial charge >= 0.3 is 6.03 Å². The van der Waals surface area contributed by atoms with Crippen molar-refractivity contribution in [3.05, 3.63) is 59.5 Å². The first-order chi connectivity index (χ1) is 15.4. The molecule has 2 heterocycles. The fourth-order valence-corrected chi connectivity index (χ4v) is 3.68. The van der Waals surface area contributed by atoms with Gasteiger partial charge in [0.05, 0.1) is 5.92 Å². The molecule has 8 nitrogen and oxygen atoms in total. The van der Waals surface area contributed by atoms with E-state index >= 15 is 0 Å². The van der Waals surface area contributed by atoms with Gasteiger partial charge in [0, 0.05) is 36.4 Å². The van der Waals surface area contributed by atoms with Gasteiger partial charge in [-0.05, 0) is 55.7 Å². The second-order valence-electron chi connectivity index (χ2n) is 8.09. The Hall–Kier alpha value is -3.68. The Labute approximate surface area is 187 Å². The van der Waals surface area contributed by atoms with Crippen molar-refractivity contribution in [2.75, 3.05) is 23.3 Å². The maximum Gasteiger partial charge on any atom is 0.319 e. The number of rotatable bonds is 6. The minimum Gasteiger partial charge on any atom is -0.339 e. The van der Waals surface area contributed by atoms with E-state index in [1.807, 2.05) is 44.2 Å². The number of aromatic nitrogens is 2. The van der Waals surface area contributed by atoms with E-state index in [0.29, 0.717) is 36.9 Å². The Morgan fingerprint density at radius 2 is 2.03 bits per heavy atom. The number of hydrogen-bond acceptors (Lipinski definition) is 5. The lowest BCUT2D eigenvalue weighted by Crippen LogP contribution is -2.29. The van der Waals surface area contributed by atoms with Crippen LogP contribution in [0.5, 0.6) is 0 Å². The van der Waals surface area contributed by atoms with Crippen molar-refractivity contribution < 1.29 is 14.1 Å². The molecule has 0 radical (unpaired) electrons. The van der Waals surface area contributed by atoms with E-state index in [4.69, 9.17) is 4.52 Å². The summed E-state index contributed by atoms with van der Waals surface area (Å²) in [7, 11) is 0. The molecule has 32 heavy (non-hydrogen) atoms. The first kappa shape index (κ1) is 21.5. The predicted molar refractivity (Wildman–Crippen MR) is 123 cm³/mol. The highest BCUT2D eigenvalue weighted by Gasteiger charge is 2.35. The number of anilines is 2. The molecule has 1 atom stereocenters. The fraction of sp³-hybridized carbons (Fsp3) is 0.333. The summed E-state index contributed by atoms with van der Waals surface area (Å²) in [6, 6.07) is 13.0. The summed E-state index contributed by atoms with van der Waals surface area (Å²) in [5, 5.41) is 9.68. The molecular weight excluding hydrogens is 406 g/mol. The van der Waals surface area contributed by atoms with Gasteiger partial charge in [-0.1, -0.05) is 30.3 Å². The van der Waals surface area contributed by atoms with E-state index < -0.39 is 0 Å². The molecule has 0 unspecified atom stereocenters. The number of hydrogen-bond donors (Lipinski definition) is 2. The van der Waals surface area contributed by atoms with Crippen molar-refractivity contribution in [2.24, 2.45) is 0 Å². The zero-order valence-electron chi connectivity index (χ0n) is 18.5. The van der Waals surface area contributed by atoms with Crippen molar-refractivity contribution in [3.63, 3.8) is 0 Å². The van der Waals surface area contributed by atoms with Crippen LogP contribution in [0.3, 0.4) is 0 Å². The first-order valence-corrected chi connectivity index (χ1v) is 10.8. The highest BCUT2D eigenvalue weighted by Crippen LogP contribution is 2.33. The second kappa shape index (κ2) is 9.21. The highest BCUT2D eigenvalue weighted by molar-refractivity contribution is 5.96. The molecule has 1 fully saturated rings. The highest BCUT2D eigenvalue weighted by atomic mass is 16.5. The van der Waals surface area contributed by atoms with Crippen LogP contribution < -0.4 is 15.5 Å². The van der Waals surface area contributed by atoms with E-state index in [9.17, 15) is 9.59 Å². The molecule has 0 bridgehead atoms. The monoisotopic (exact) mass is 433 g/mol. The summed E-state index contributed by atoms with van der Waals surface area (Å²) in [4.78, 5) is 30.9. The summed E-state index contributed by atoms with van der Waals surface area (Å²) in [6.07, 6.45) is 1.19. The minimum atomic E-state index is -0.256. The van der Waals surface area contributed by atoms with E-state index in [2.05, 4.69) is 27.7 Å². The molecule has 0 saturated carbocycles. The standard InChI is InChI=1S/C24H27N5O3/c1-4-10-25-24(31)26-19-7-5-6-17(12-19)22-27-23(32-28-22)18-13-21(30)29(14-18)20-9-8-15(2)16(3)11-20/h5-9,11-12,18H,4,10,13-14H2,1-3H3,(H2,25,26,31)/t18-/m1/s1. The first-order valence-electron chi connectivity index (χ1n) is 10.8. The van der Waals surface area contributed by atoms with Gasteiger partial charge in [-0.25, -0.2) is 4.79 Å². The maximum absolute atomic E-state index is 12.6. The molecule has 0 spiro atoms. The van der Waals surface area contributed by atoms with Gasteiger partial charge in [0.2, 0.25) is 17.6 Å². The Morgan fingerprint density at radius 3 is 2.81 bits per heavy atom. The molecule has 1 aliphatic rings. The average Bonchev–Trinajstić information content (AvgIpc) is 3.41. The van der Waals surface area contributed by atoms with Crippen LogP contribution in [0.4, 0.5) is 16.2 Å². The Bertz CT molecular complexity index is 1140. The van der Waals surface area contributed by atoms with Crippen LogP contribution >= 0.6 is 0 Å². The average molecular weight is 434 g/mol. The molecule has 1 aliphatic heterocycles. The third-order valence-corrected chi connectivity index (χ3v) is 5.63. The zero-order valence-corrected chi connectivity index (χ0v) is 18.5. The van der Waals surface area contributed by atoms with Gasteiger partial charge in [-0.15, -0.1) is 0 Å². The molecular formula is C24H27N5O3. The topological polar surface area (TPSA) is 100 Å². The van der Waals surface area contributed by atoms with E-state index in [-0.39, 0.29) is 17.9 Å². The van der Waals surface area contributed by atoms with Crippen molar-refractivity contribution in [3.8, 4) is 11.4 Å². The van der Waals surface area contributed by atoms with Gasteiger partial charge < -0.3 is 20.1 Å². The largest absolute Gasteiger partial charge is 0.339 e. The number of carbonyl (C=O) groups excluding carboxylic acids is 2. The van der Waals surface area contributed by atoms with Crippen molar-refractivity contribution in [1.29, 1.82) is 0 Å². The zero-order chi connectivity index (χ0) is 22.7. The van der Waals surface area contributed by atoms with Gasteiger partial charge in [0.15, 0.2) is 0 Å². The molecule has 3 amide bonds. The number of benzene rings is 2. The summed E-state index contributed by atoms with van der Waals surface area (Å²) >= 11 is 0. The van der Waals surface area contributed by atoms with Crippen molar-refractivity contribution >= 4 is 23.3 Å². The summed E-state index contributed by atoms with van der Waals surface area (Å²) < 4.78 is 5.51. The summed E-state index contributed by atoms with van der Waals surface area (Å²) in [6.45, 7) is 7.20. The fourth-order valence-electron chi connectivity index (χ4n) is 3.68. The Kier molecular flexibility index (Phi) is 6.20. The van der Waals surface area contributed by atoms with Gasteiger partial charge in [-0.2, -0.15) is 4.98 Å². The second-order valence-corrected chi connectivity index (χ2v) is 8.09. The molecule has 4 rings (SSSR count). The minimum absolute atomic E-state index is 0.0438. The van der Waals surface area contributed by atoms with Gasteiger partial charge in [0.1, 0.15) is 0 Å². The number of amides is 3. The van der Waals surface area contributed by atoms with Crippen LogP contribution in [-0.4, -0.2) is 35.2 Å². The van der Waals surface area contributed by atoms with Crippen LogP contribution in [0.15, 0.2) is 47.0 Å². The quantitative estimate of drug-likeness (QED) is 0.600. The van der Waals surface area contributed by atoms with Gasteiger partial charge in [-0.3, -0.25) is 4.79 Å². The number of carbonyl (C=O) groups is 2. The number of nitrogens with zero attached hydrogens (tertiary/aromatic N) is 3. The Balaban J connectivity index is 1.47. The molecule has 3 aromatic rings. The smallest absolute Gasteiger partial charge is 0.319 e. The third kappa shape index (κ3) is 4.64. The Morgan fingerprint density at radius 1 is 1.19 bits per heavy atom. The predicted octanol–water partition coefficient (Wildman–Crippen LogP) is 4.41. The number of urea groups is 1. The molecule has 2 N–H and O–H groups in total. The van der Waals surface area contributed by atoms with E-state index in [1.54, 1.807) is 17.0 Å². The maximum atomic E-state index is 12.6. The lowest BCUT2D eigenvalue weighted by atomic mass is 10.1. The van der Waals surface area contributed by atoms with Crippen LogP contribution in [0.25, 0.3) is 11.4 Å². The van der Waals surface area contributed by atoms with Crippen molar-refractivity contribution in [2.45, 2.75) is 39.5 Å². The van der Waals surface area contributed by atoms with Crippen molar-refractivity contribution in [1.82, 2.24) is 15.5 Å². The molecule has 8 heteroatoms. The number of nitrogens with one attached hydrogen (secondary N) is 2. The number of aryl methyl sites for hydroxylation is 2. The van der Waals surface area contributed by atoms with Crippen LogP contribution in [0.1, 0.15) is 42.7 Å². The van der Waals surface area contributed by atoms with E-state index in [0.717, 1.165) is 23.2 Å². The molecule has 2 aromatic carbocycles. The lowest BCUT2D eigenvalue weighted by Gasteiger charge is -2.17. The molecule has 1 aromatic heterocycles. The third-order valence-electron chi connectivity index (χ3n) is 5.63. The summed E-state index contributed by atoms with van der Waals surface area (Å²) in [5.41, 5.74) is 4.59. The molecule has 166 valence electrons. The van der Waals surface area contributed by atoms with E-state index in [1.165, 1.54) is 5.56 Å². The lowest BCUT2D eigenvalue weighted by molar-refractivity contribution is -0.117.